The second-order valence-electron chi connectivity index (χ2n) is 3.50. The molecule has 2 rings (SSSR count). The minimum Gasteiger partial charge on any atom is -0.348 e. The Morgan fingerprint density at radius 3 is 2.38 bits per heavy atom. The summed E-state index contributed by atoms with van der Waals surface area (Å²) in [6, 6.07) is 10.5. The molecule has 1 atom stereocenters. The van der Waals surface area contributed by atoms with Gasteiger partial charge in [-0.15, -0.1) is 0 Å². The van der Waals surface area contributed by atoms with Crippen molar-refractivity contribution in [3.63, 3.8) is 0 Å². The van der Waals surface area contributed by atoms with Crippen molar-refractivity contribution in [1.82, 2.24) is 9.97 Å². The van der Waals surface area contributed by atoms with Gasteiger partial charge >= 0.3 is 0 Å². The first-order chi connectivity index (χ1) is 7.75. The molecule has 2 aromatic rings. The Morgan fingerprint density at radius 2 is 1.75 bits per heavy atom. The number of rotatable bonds is 3. The van der Waals surface area contributed by atoms with Crippen molar-refractivity contribution in [3.05, 3.63) is 51.9 Å². The molecule has 0 aliphatic carbocycles. The summed E-state index contributed by atoms with van der Waals surface area (Å²) in [6.45, 7) is 2.09. The summed E-state index contributed by atoms with van der Waals surface area (Å²) in [5, 5.41) is 3.26. The van der Waals surface area contributed by atoms with Gasteiger partial charge in [0.05, 0.1) is 6.04 Å². The number of aromatic nitrogens is 2. The molecule has 0 aliphatic heterocycles. The number of nitrogens with one attached hydrogen (secondary N) is 1. The van der Waals surface area contributed by atoms with Gasteiger partial charge in [-0.25, -0.2) is 9.97 Å². The average Bonchev–Trinajstić information content (AvgIpc) is 2.33. The van der Waals surface area contributed by atoms with Crippen molar-refractivity contribution < 1.29 is 0 Å². The maximum Gasteiger partial charge on any atom is 0.223 e. The summed E-state index contributed by atoms with van der Waals surface area (Å²) in [5.74, 6) is 0.664. The molecule has 82 valence electrons. The minimum atomic E-state index is 0.210. The Hall–Kier alpha value is -1.17. The summed E-state index contributed by atoms with van der Waals surface area (Å²) >= 11 is 2.19. The summed E-state index contributed by atoms with van der Waals surface area (Å²) in [7, 11) is 0. The van der Waals surface area contributed by atoms with E-state index in [9.17, 15) is 0 Å². The van der Waals surface area contributed by atoms with Crippen molar-refractivity contribution >= 4 is 28.5 Å². The van der Waals surface area contributed by atoms with Crippen LogP contribution in [0.3, 0.4) is 0 Å². The molecule has 1 heterocycles. The molecular formula is C12H12IN3. The molecule has 1 N–H and O–H groups in total. The van der Waals surface area contributed by atoms with Gasteiger partial charge in [-0.05, 0) is 35.1 Å². The fourth-order valence-electron chi connectivity index (χ4n) is 1.41. The van der Waals surface area contributed by atoms with Crippen LogP contribution in [0.5, 0.6) is 0 Å². The maximum absolute atomic E-state index is 4.21. The van der Waals surface area contributed by atoms with E-state index < -0.39 is 0 Å². The normalized spacial score (nSPS) is 12.1. The van der Waals surface area contributed by atoms with E-state index in [-0.39, 0.29) is 6.04 Å². The first-order valence-electron chi connectivity index (χ1n) is 5.05. The monoisotopic (exact) mass is 325 g/mol. The number of nitrogens with zero attached hydrogens (tertiary/aromatic N) is 2. The van der Waals surface area contributed by atoms with E-state index in [1.165, 1.54) is 5.56 Å². The molecule has 0 unspecified atom stereocenters. The van der Waals surface area contributed by atoms with E-state index in [4.69, 9.17) is 0 Å². The SMILES string of the molecule is C[C@@H](Nc1ncc(I)cn1)c1ccccc1. The van der Waals surface area contributed by atoms with Crippen LogP contribution in [0.15, 0.2) is 42.7 Å². The van der Waals surface area contributed by atoms with Gasteiger partial charge < -0.3 is 5.32 Å². The molecule has 16 heavy (non-hydrogen) atoms. The predicted octanol–water partition coefficient (Wildman–Crippen LogP) is 3.25. The van der Waals surface area contributed by atoms with Gasteiger partial charge in [0.1, 0.15) is 0 Å². The molecular weight excluding hydrogens is 313 g/mol. The average molecular weight is 325 g/mol. The topological polar surface area (TPSA) is 37.8 Å². The molecule has 4 heteroatoms. The summed E-state index contributed by atoms with van der Waals surface area (Å²) in [6.07, 6.45) is 3.60. The fourth-order valence-corrected chi connectivity index (χ4v) is 1.68. The highest BCUT2D eigenvalue weighted by Gasteiger charge is 2.05. The smallest absolute Gasteiger partial charge is 0.223 e. The van der Waals surface area contributed by atoms with Crippen LogP contribution in [0.4, 0.5) is 5.95 Å². The van der Waals surface area contributed by atoms with E-state index in [0.29, 0.717) is 5.95 Å². The zero-order valence-electron chi connectivity index (χ0n) is 8.89. The Bertz CT molecular complexity index is 442. The predicted molar refractivity (Wildman–Crippen MR) is 73.2 cm³/mol. The molecule has 0 amide bonds. The Balaban J connectivity index is 2.08. The number of halogens is 1. The largest absolute Gasteiger partial charge is 0.348 e. The second kappa shape index (κ2) is 5.25. The van der Waals surface area contributed by atoms with Crippen LogP contribution in [0.1, 0.15) is 18.5 Å². The van der Waals surface area contributed by atoms with Crippen molar-refractivity contribution in [2.45, 2.75) is 13.0 Å². The summed E-state index contributed by atoms with van der Waals surface area (Å²) < 4.78 is 1.04. The van der Waals surface area contributed by atoms with Crippen molar-refractivity contribution in [3.8, 4) is 0 Å². The Labute approximate surface area is 108 Å². The van der Waals surface area contributed by atoms with E-state index in [0.717, 1.165) is 3.57 Å². The number of anilines is 1. The van der Waals surface area contributed by atoms with Gasteiger partial charge in [-0.3, -0.25) is 0 Å². The maximum atomic E-state index is 4.21. The van der Waals surface area contributed by atoms with Gasteiger partial charge in [-0.1, -0.05) is 30.3 Å². The van der Waals surface area contributed by atoms with Crippen LogP contribution >= 0.6 is 22.6 Å². The van der Waals surface area contributed by atoms with E-state index in [1.54, 1.807) is 12.4 Å². The third-order valence-electron chi connectivity index (χ3n) is 2.27. The van der Waals surface area contributed by atoms with Crippen LogP contribution in [-0.2, 0) is 0 Å². The second-order valence-corrected chi connectivity index (χ2v) is 4.75. The number of hydrogen-bond donors (Lipinski definition) is 1. The first kappa shape index (κ1) is 11.3. The molecule has 0 bridgehead atoms. The lowest BCUT2D eigenvalue weighted by molar-refractivity contribution is 0.859. The highest BCUT2D eigenvalue weighted by molar-refractivity contribution is 14.1. The van der Waals surface area contributed by atoms with Crippen LogP contribution < -0.4 is 5.32 Å². The van der Waals surface area contributed by atoms with E-state index >= 15 is 0 Å². The fraction of sp³-hybridized carbons (Fsp3) is 0.167. The quantitative estimate of drug-likeness (QED) is 0.881. The molecule has 0 saturated carbocycles. The Morgan fingerprint density at radius 1 is 1.12 bits per heavy atom. The van der Waals surface area contributed by atoms with Crippen molar-refractivity contribution in [2.75, 3.05) is 5.32 Å². The lowest BCUT2D eigenvalue weighted by atomic mass is 10.1. The minimum absolute atomic E-state index is 0.210. The van der Waals surface area contributed by atoms with Crippen LogP contribution in [-0.4, -0.2) is 9.97 Å². The van der Waals surface area contributed by atoms with E-state index in [1.807, 2.05) is 18.2 Å². The molecule has 3 nitrogen and oxygen atoms in total. The molecule has 0 fully saturated rings. The van der Waals surface area contributed by atoms with Crippen LogP contribution in [0, 0.1) is 3.57 Å². The van der Waals surface area contributed by atoms with Crippen LogP contribution in [0.2, 0.25) is 0 Å². The summed E-state index contributed by atoms with van der Waals surface area (Å²) in [4.78, 5) is 8.43. The van der Waals surface area contributed by atoms with Gasteiger partial charge in [0.15, 0.2) is 0 Å². The van der Waals surface area contributed by atoms with Gasteiger partial charge in [0, 0.05) is 16.0 Å². The molecule has 0 spiro atoms. The molecule has 1 aromatic carbocycles. The lowest BCUT2D eigenvalue weighted by Crippen LogP contribution is -2.09. The van der Waals surface area contributed by atoms with Crippen LogP contribution in [0.25, 0.3) is 0 Å². The molecule has 1 aromatic heterocycles. The highest BCUT2D eigenvalue weighted by atomic mass is 127. The zero-order valence-corrected chi connectivity index (χ0v) is 11.0. The third kappa shape index (κ3) is 2.91. The van der Waals surface area contributed by atoms with Crippen molar-refractivity contribution in [2.24, 2.45) is 0 Å². The number of hydrogen-bond acceptors (Lipinski definition) is 3. The summed E-state index contributed by atoms with van der Waals surface area (Å²) in [5.41, 5.74) is 1.23. The first-order valence-corrected chi connectivity index (χ1v) is 6.12. The molecule has 0 saturated heterocycles. The zero-order chi connectivity index (χ0) is 11.4. The number of benzene rings is 1. The third-order valence-corrected chi connectivity index (χ3v) is 2.82. The standard InChI is InChI=1S/C12H12IN3/c1-9(10-5-3-2-4-6-10)16-12-14-7-11(13)8-15-12/h2-9H,1H3,(H,14,15,16)/t9-/m1/s1. The molecule has 0 radical (unpaired) electrons. The van der Waals surface area contributed by atoms with E-state index in [2.05, 4.69) is 56.9 Å². The van der Waals surface area contributed by atoms with Gasteiger partial charge in [-0.2, -0.15) is 0 Å². The Kier molecular flexibility index (Phi) is 3.71. The van der Waals surface area contributed by atoms with Crippen molar-refractivity contribution in [1.29, 1.82) is 0 Å². The lowest BCUT2D eigenvalue weighted by Gasteiger charge is -2.13. The van der Waals surface area contributed by atoms with Gasteiger partial charge in [0.25, 0.3) is 0 Å². The van der Waals surface area contributed by atoms with Gasteiger partial charge in [0.2, 0.25) is 5.95 Å². The molecule has 0 aliphatic rings. The highest BCUT2D eigenvalue weighted by Crippen LogP contribution is 2.15.